The lowest BCUT2D eigenvalue weighted by molar-refractivity contribution is -0.0141. The summed E-state index contributed by atoms with van der Waals surface area (Å²) < 4.78 is 19.9. The van der Waals surface area contributed by atoms with Gasteiger partial charge in [-0.15, -0.1) is 0 Å². The van der Waals surface area contributed by atoms with Crippen molar-refractivity contribution in [2.24, 2.45) is 17.3 Å². The lowest BCUT2D eigenvalue weighted by Crippen LogP contribution is -2.47. The van der Waals surface area contributed by atoms with E-state index < -0.39 is 25.0 Å². The molecule has 0 amide bonds. The normalized spacial score (nSPS) is 32.1. The first kappa shape index (κ1) is 25.5. The van der Waals surface area contributed by atoms with Gasteiger partial charge in [0, 0.05) is 0 Å². The molecule has 0 N–H and O–H groups in total. The van der Waals surface area contributed by atoms with Gasteiger partial charge in [-0.2, -0.15) is 0 Å². The fraction of sp³-hybridized carbons (Fsp3) is 0.778. The van der Waals surface area contributed by atoms with Crippen LogP contribution in [0.3, 0.4) is 0 Å². The van der Waals surface area contributed by atoms with E-state index in [2.05, 4.69) is 78.0 Å². The summed E-state index contributed by atoms with van der Waals surface area (Å²) in [6, 6.07) is 4.77. The Morgan fingerprint density at radius 1 is 0.758 bits per heavy atom. The Kier molecular flexibility index (Phi) is 6.59. The fourth-order valence-corrected chi connectivity index (χ4v) is 9.85. The Morgan fingerprint density at radius 3 is 1.94 bits per heavy atom. The van der Waals surface area contributed by atoms with Gasteiger partial charge in [-0.1, -0.05) is 6.92 Å². The SMILES string of the molecule is C[C@]12CC[C@@H]3c4cc(O[Si](C)(C)C)c(O[Si](C)(C)C)cc4CC[C@H]3[C@@H]1CC[C@@H]2O[Si](C)(C)C. The molecule has 0 aromatic heterocycles. The molecule has 33 heavy (non-hydrogen) atoms. The summed E-state index contributed by atoms with van der Waals surface area (Å²) in [6.45, 7) is 23.2. The zero-order valence-electron chi connectivity index (χ0n) is 22.9. The fourth-order valence-electron chi connectivity index (χ4n) is 6.97. The lowest BCUT2D eigenvalue weighted by atomic mass is 9.55. The molecule has 5 atom stereocenters. The van der Waals surface area contributed by atoms with Crippen LogP contribution in [0.5, 0.6) is 11.5 Å². The first-order valence-corrected chi connectivity index (χ1v) is 23.5. The van der Waals surface area contributed by atoms with Crippen LogP contribution in [0, 0.1) is 17.3 Å². The summed E-state index contributed by atoms with van der Waals surface area (Å²) in [6.07, 6.45) is 8.15. The van der Waals surface area contributed by atoms with Crippen molar-refractivity contribution in [2.75, 3.05) is 0 Å². The molecule has 0 spiro atoms. The molecule has 4 rings (SSSR count). The highest BCUT2D eigenvalue weighted by atomic mass is 28.4. The molecule has 1 aromatic rings. The van der Waals surface area contributed by atoms with Crippen LogP contribution in [0.1, 0.15) is 56.1 Å². The third kappa shape index (κ3) is 5.49. The molecule has 0 aliphatic heterocycles. The van der Waals surface area contributed by atoms with Gasteiger partial charge in [0.15, 0.2) is 8.32 Å². The molecule has 0 radical (unpaired) electrons. The van der Waals surface area contributed by atoms with Crippen molar-refractivity contribution in [3.8, 4) is 11.5 Å². The molecule has 3 aliphatic rings. The maximum absolute atomic E-state index is 6.77. The second kappa shape index (κ2) is 8.52. The first-order valence-electron chi connectivity index (χ1n) is 13.3. The standard InChI is InChI=1S/C27H48O3Si3/c1-27-16-15-20-21(23(27)13-14-26(27)30-33(8,9)10)12-11-19-17-24(28-31(2,3)4)25(18-22(19)20)29-32(5,6)7/h17-18,20-21,23,26H,11-16H2,1-10H3/t20-,21+,23-,26-,27-/m0/s1. The van der Waals surface area contributed by atoms with Crippen LogP contribution < -0.4 is 8.85 Å². The molecule has 186 valence electrons. The molecule has 0 heterocycles. The average molecular weight is 505 g/mol. The van der Waals surface area contributed by atoms with E-state index in [1.807, 2.05) is 0 Å². The second-order valence-corrected chi connectivity index (χ2v) is 27.5. The molecule has 6 heteroatoms. The van der Waals surface area contributed by atoms with E-state index in [4.69, 9.17) is 13.3 Å². The van der Waals surface area contributed by atoms with E-state index >= 15 is 0 Å². The Bertz CT molecular complexity index is 880. The summed E-state index contributed by atoms with van der Waals surface area (Å²) in [7, 11) is -4.98. The Morgan fingerprint density at radius 2 is 1.36 bits per heavy atom. The Labute approximate surface area is 206 Å². The Hall–Kier alpha value is -0.569. The maximum Gasteiger partial charge on any atom is 0.242 e. The molecule has 3 nitrogen and oxygen atoms in total. The summed E-state index contributed by atoms with van der Waals surface area (Å²) in [4.78, 5) is 0. The van der Waals surface area contributed by atoms with Gasteiger partial charge in [0.05, 0.1) is 6.10 Å². The van der Waals surface area contributed by atoms with Gasteiger partial charge < -0.3 is 13.3 Å². The molecular formula is C27H48O3Si3. The van der Waals surface area contributed by atoms with Crippen molar-refractivity contribution < 1.29 is 13.3 Å². The van der Waals surface area contributed by atoms with Crippen LogP contribution >= 0.6 is 0 Å². The van der Waals surface area contributed by atoms with Crippen molar-refractivity contribution >= 4 is 25.0 Å². The number of hydrogen-bond acceptors (Lipinski definition) is 3. The van der Waals surface area contributed by atoms with Crippen molar-refractivity contribution in [3.05, 3.63) is 23.3 Å². The molecule has 0 unspecified atom stereocenters. The van der Waals surface area contributed by atoms with Crippen molar-refractivity contribution in [2.45, 2.75) is 116 Å². The van der Waals surface area contributed by atoms with Gasteiger partial charge in [-0.25, -0.2) is 0 Å². The summed E-state index contributed by atoms with van der Waals surface area (Å²) in [5, 5.41) is 0. The lowest BCUT2D eigenvalue weighted by Gasteiger charge is -2.51. The highest BCUT2D eigenvalue weighted by Crippen LogP contribution is 2.62. The predicted molar refractivity (Wildman–Crippen MR) is 147 cm³/mol. The van der Waals surface area contributed by atoms with Crippen LogP contribution in [0.2, 0.25) is 58.9 Å². The minimum Gasteiger partial charge on any atom is -0.542 e. The highest BCUT2D eigenvalue weighted by molar-refractivity contribution is 6.71. The molecular weight excluding hydrogens is 457 g/mol. The quantitative estimate of drug-likeness (QED) is 0.365. The van der Waals surface area contributed by atoms with Crippen molar-refractivity contribution in [1.82, 2.24) is 0 Å². The number of rotatable bonds is 6. The Balaban J connectivity index is 1.66. The smallest absolute Gasteiger partial charge is 0.242 e. The summed E-state index contributed by atoms with van der Waals surface area (Å²) in [5.41, 5.74) is 3.44. The highest BCUT2D eigenvalue weighted by Gasteiger charge is 2.56. The number of hydrogen-bond donors (Lipinski definition) is 0. The molecule has 0 saturated heterocycles. The van der Waals surface area contributed by atoms with Crippen LogP contribution in [0.4, 0.5) is 0 Å². The van der Waals surface area contributed by atoms with Crippen LogP contribution in [-0.4, -0.2) is 31.1 Å². The van der Waals surface area contributed by atoms with Crippen LogP contribution in [0.15, 0.2) is 12.1 Å². The van der Waals surface area contributed by atoms with E-state index in [0.717, 1.165) is 23.3 Å². The largest absolute Gasteiger partial charge is 0.542 e. The van der Waals surface area contributed by atoms with Gasteiger partial charge in [0.2, 0.25) is 16.6 Å². The predicted octanol–water partition coefficient (Wildman–Crippen LogP) is 8.19. The van der Waals surface area contributed by atoms with Crippen LogP contribution in [0.25, 0.3) is 0 Å². The molecule has 2 fully saturated rings. The van der Waals surface area contributed by atoms with Gasteiger partial charge in [-0.3, -0.25) is 0 Å². The molecule has 3 aliphatic carbocycles. The van der Waals surface area contributed by atoms with Gasteiger partial charge in [-0.05, 0) is 144 Å². The first-order chi connectivity index (χ1) is 15.1. The monoisotopic (exact) mass is 504 g/mol. The molecule has 2 saturated carbocycles. The topological polar surface area (TPSA) is 27.7 Å². The summed E-state index contributed by atoms with van der Waals surface area (Å²) >= 11 is 0. The molecule has 0 bridgehead atoms. The number of fused-ring (bicyclic) bond motifs is 5. The van der Waals surface area contributed by atoms with Crippen molar-refractivity contribution in [3.63, 3.8) is 0 Å². The number of aryl methyl sites for hydroxylation is 1. The second-order valence-electron chi connectivity index (χ2n) is 14.2. The average Bonchev–Trinajstić information content (AvgIpc) is 2.94. The van der Waals surface area contributed by atoms with E-state index in [0.29, 0.717) is 17.4 Å². The molecule has 1 aromatic carbocycles. The van der Waals surface area contributed by atoms with Gasteiger partial charge in [0.25, 0.3) is 0 Å². The number of benzene rings is 1. The van der Waals surface area contributed by atoms with Crippen LogP contribution in [-0.2, 0) is 10.8 Å². The maximum atomic E-state index is 6.77. The summed E-state index contributed by atoms with van der Waals surface area (Å²) in [5.74, 6) is 4.26. The minimum absolute atomic E-state index is 0.359. The third-order valence-electron chi connectivity index (χ3n) is 8.03. The van der Waals surface area contributed by atoms with Gasteiger partial charge >= 0.3 is 0 Å². The van der Waals surface area contributed by atoms with E-state index in [9.17, 15) is 0 Å². The van der Waals surface area contributed by atoms with E-state index in [1.54, 1.807) is 5.56 Å². The van der Waals surface area contributed by atoms with E-state index in [-0.39, 0.29) is 0 Å². The van der Waals surface area contributed by atoms with E-state index in [1.165, 1.54) is 44.1 Å². The zero-order valence-corrected chi connectivity index (χ0v) is 25.9. The zero-order chi connectivity index (χ0) is 24.4. The van der Waals surface area contributed by atoms with Crippen molar-refractivity contribution in [1.29, 1.82) is 0 Å². The third-order valence-corrected chi connectivity index (χ3v) is 10.7. The van der Waals surface area contributed by atoms with Gasteiger partial charge in [0.1, 0.15) is 11.5 Å². The minimum atomic E-state index is -1.74.